The summed E-state index contributed by atoms with van der Waals surface area (Å²) in [4.78, 5) is 11.8. The minimum absolute atomic E-state index is 0.659. The van der Waals surface area contributed by atoms with E-state index in [0.29, 0.717) is 11.5 Å². The van der Waals surface area contributed by atoms with Crippen LogP contribution in [0.15, 0.2) is 67.4 Å². The van der Waals surface area contributed by atoms with Crippen molar-refractivity contribution >= 4 is 0 Å². The molecule has 0 radical (unpaired) electrons. The van der Waals surface area contributed by atoms with Crippen LogP contribution in [0.1, 0.15) is 0 Å². The number of methoxy groups -OCH3 is 2. The van der Waals surface area contributed by atoms with Gasteiger partial charge >= 0.3 is 0 Å². The zero-order valence-corrected chi connectivity index (χ0v) is 14.5. The lowest BCUT2D eigenvalue weighted by Crippen LogP contribution is -2.00. The van der Waals surface area contributed by atoms with Crippen molar-refractivity contribution in [3.05, 3.63) is 67.4 Å². The van der Waals surface area contributed by atoms with Crippen LogP contribution in [0.25, 0.3) is 28.3 Å². The van der Waals surface area contributed by atoms with Crippen molar-refractivity contribution in [2.75, 3.05) is 14.2 Å². The summed E-state index contributed by atoms with van der Waals surface area (Å²) in [5.74, 6) is 2.11. The van der Waals surface area contributed by atoms with E-state index in [1.807, 2.05) is 47.2 Å². The number of rotatable bonds is 5. The normalized spacial score (nSPS) is 10.7. The Kier molecular flexibility index (Phi) is 4.15. The third-order valence-corrected chi connectivity index (χ3v) is 4.22. The predicted molar refractivity (Wildman–Crippen MR) is 99.7 cm³/mol. The summed E-state index contributed by atoms with van der Waals surface area (Å²) in [5, 5.41) is 0. The maximum atomic E-state index is 5.57. The van der Waals surface area contributed by atoms with Crippen molar-refractivity contribution in [1.82, 2.24) is 19.5 Å². The number of H-pyrrole nitrogens is 1. The van der Waals surface area contributed by atoms with Gasteiger partial charge in [-0.1, -0.05) is 18.2 Å². The molecule has 4 aromatic rings. The average Bonchev–Trinajstić information content (AvgIpc) is 3.39. The molecule has 0 bridgehead atoms. The van der Waals surface area contributed by atoms with Crippen LogP contribution >= 0.6 is 0 Å². The van der Waals surface area contributed by atoms with Gasteiger partial charge in [-0.15, -0.1) is 0 Å². The minimum atomic E-state index is 0.659. The number of aromatic nitrogens is 4. The van der Waals surface area contributed by atoms with Crippen LogP contribution in [-0.4, -0.2) is 33.7 Å². The van der Waals surface area contributed by atoms with Crippen molar-refractivity contribution < 1.29 is 9.47 Å². The monoisotopic (exact) mass is 346 g/mol. The van der Waals surface area contributed by atoms with Gasteiger partial charge in [0, 0.05) is 23.6 Å². The molecule has 0 aliphatic carbocycles. The lowest BCUT2D eigenvalue weighted by atomic mass is 10.1. The van der Waals surface area contributed by atoms with Gasteiger partial charge < -0.3 is 14.5 Å². The predicted octanol–water partition coefficient (Wildman–Crippen LogP) is 3.95. The van der Waals surface area contributed by atoms with Gasteiger partial charge in [0.05, 0.1) is 38.0 Å². The van der Waals surface area contributed by atoms with Crippen LogP contribution in [0.4, 0.5) is 0 Å². The maximum absolute atomic E-state index is 5.57. The van der Waals surface area contributed by atoms with E-state index < -0.39 is 0 Å². The van der Waals surface area contributed by atoms with Crippen molar-refractivity contribution in [1.29, 1.82) is 0 Å². The Morgan fingerprint density at radius 1 is 1.04 bits per heavy atom. The molecule has 2 aromatic carbocycles. The molecule has 0 saturated carbocycles. The standard InChI is InChI=1S/C20H18N4O2/c1-25-18-8-4-7-16(19(18)26-2)20-22-9-10-24(20)15-6-3-5-14(11-15)17-12-21-13-23-17/h3-13H,1-2H3,(H,21,23). The van der Waals surface area contributed by atoms with Crippen molar-refractivity contribution in [3.63, 3.8) is 0 Å². The van der Waals surface area contributed by atoms with E-state index in [0.717, 1.165) is 28.3 Å². The number of ether oxygens (including phenoxy) is 2. The van der Waals surface area contributed by atoms with Gasteiger partial charge in [0.2, 0.25) is 0 Å². The van der Waals surface area contributed by atoms with E-state index in [1.165, 1.54) is 0 Å². The zero-order valence-electron chi connectivity index (χ0n) is 14.5. The molecule has 0 spiro atoms. The molecule has 0 unspecified atom stereocenters. The first-order valence-electron chi connectivity index (χ1n) is 8.15. The van der Waals surface area contributed by atoms with Gasteiger partial charge in [-0.3, -0.25) is 4.57 Å². The summed E-state index contributed by atoms with van der Waals surface area (Å²) in [6, 6.07) is 13.9. The first-order chi connectivity index (χ1) is 12.8. The molecule has 0 fully saturated rings. The topological polar surface area (TPSA) is 65.0 Å². The number of benzene rings is 2. The van der Waals surface area contributed by atoms with Gasteiger partial charge in [-0.2, -0.15) is 0 Å². The fraction of sp³-hybridized carbons (Fsp3) is 0.100. The summed E-state index contributed by atoms with van der Waals surface area (Å²) < 4.78 is 13.0. The van der Waals surface area contributed by atoms with E-state index >= 15 is 0 Å². The summed E-state index contributed by atoms with van der Waals surface area (Å²) in [7, 11) is 3.26. The Balaban J connectivity index is 1.83. The number of nitrogens with zero attached hydrogens (tertiary/aromatic N) is 3. The highest BCUT2D eigenvalue weighted by Gasteiger charge is 2.16. The lowest BCUT2D eigenvalue weighted by molar-refractivity contribution is 0.356. The van der Waals surface area contributed by atoms with Crippen molar-refractivity contribution in [2.45, 2.75) is 0 Å². The van der Waals surface area contributed by atoms with Crippen LogP contribution in [0.5, 0.6) is 11.5 Å². The molecule has 0 atom stereocenters. The first kappa shape index (κ1) is 16.0. The number of aromatic amines is 1. The fourth-order valence-corrected chi connectivity index (χ4v) is 3.01. The smallest absolute Gasteiger partial charge is 0.171 e. The second-order valence-electron chi connectivity index (χ2n) is 5.68. The van der Waals surface area contributed by atoms with Crippen LogP contribution in [-0.2, 0) is 0 Å². The number of nitrogens with one attached hydrogen (secondary N) is 1. The molecule has 0 aliphatic heterocycles. The molecule has 6 nitrogen and oxygen atoms in total. The third kappa shape index (κ3) is 2.71. The van der Waals surface area contributed by atoms with E-state index in [4.69, 9.17) is 9.47 Å². The Morgan fingerprint density at radius 2 is 1.92 bits per heavy atom. The molecule has 6 heteroatoms. The highest BCUT2D eigenvalue weighted by molar-refractivity contribution is 5.71. The van der Waals surface area contributed by atoms with Crippen LogP contribution in [0.2, 0.25) is 0 Å². The van der Waals surface area contributed by atoms with Crippen molar-refractivity contribution in [3.8, 4) is 39.8 Å². The summed E-state index contributed by atoms with van der Waals surface area (Å²) in [5.41, 5.74) is 3.88. The van der Waals surface area contributed by atoms with E-state index in [1.54, 1.807) is 32.9 Å². The second-order valence-corrected chi connectivity index (χ2v) is 5.68. The van der Waals surface area contributed by atoms with Crippen LogP contribution in [0, 0.1) is 0 Å². The van der Waals surface area contributed by atoms with Crippen molar-refractivity contribution in [2.24, 2.45) is 0 Å². The molecule has 2 aromatic heterocycles. The van der Waals surface area contributed by atoms with Crippen LogP contribution in [0.3, 0.4) is 0 Å². The largest absolute Gasteiger partial charge is 0.493 e. The minimum Gasteiger partial charge on any atom is -0.493 e. The lowest BCUT2D eigenvalue weighted by Gasteiger charge is -2.14. The van der Waals surface area contributed by atoms with E-state index in [2.05, 4.69) is 21.0 Å². The summed E-state index contributed by atoms with van der Waals surface area (Å²) in [6.07, 6.45) is 7.18. The Labute approximate surface area is 151 Å². The molecular formula is C20H18N4O2. The SMILES string of the molecule is COc1cccc(-c2nccn2-c2cccc(-c3cnc[nH]3)c2)c1OC. The zero-order chi connectivity index (χ0) is 17.9. The van der Waals surface area contributed by atoms with E-state index in [-0.39, 0.29) is 0 Å². The summed E-state index contributed by atoms with van der Waals surface area (Å²) in [6.45, 7) is 0. The molecule has 0 amide bonds. The highest BCUT2D eigenvalue weighted by atomic mass is 16.5. The quantitative estimate of drug-likeness (QED) is 0.594. The molecule has 1 N–H and O–H groups in total. The number of hydrogen-bond donors (Lipinski definition) is 1. The molecule has 4 rings (SSSR count). The molecule has 26 heavy (non-hydrogen) atoms. The Bertz CT molecular complexity index is 1020. The van der Waals surface area contributed by atoms with Crippen LogP contribution < -0.4 is 9.47 Å². The number of hydrogen-bond acceptors (Lipinski definition) is 4. The molecule has 0 saturated heterocycles. The average molecular weight is 346 g/mol. The molecule has 0 aliphatic rings. The fourth-order valence-electron chi connectivity index (χ4n) is 3.01. The number of imidazole rings is 2. The number of para-hydroxylation sites is 1. The first-order valence-corrected chi connectivity index (χ1v) is 8.15. The van der Waals surface area contributed by atoms with E-state index in [9.17, 15) is 0 Å². The maximum Gasteiger partial charge on any atom is 0.171 e. The van der Waals surface area contributed by atoms with Gasteiger partial charge in [0.1, 0.15) is 5.82 Å². The Morgan fingerprint density at radius 3 is 2.69 bits per heavy atom. The molecule has 2 heterocycles. The third-order valence-electron chi connectivity index (χ3n) is 4.22. The van der Waals surface area contributed by atoms with Gasteiger partial charge in [0.25, 0.3) is 0 Å². The van der Waals surface area contributed by atoms with Gasteiger partial charge in [0.15, 0.2) is 11.5 Å². The highest BCUT2D eigenvalue weighted by Crippen LogP contribution is 2.37. The second kappa shape index (κ2) is 6.76. The Hall–Kier alpha value is -3.54. The molecule has 130 valence electrons. The van der Waals surface area contributed by atoms with Gasteiger partial charge in [-0.05, 0) is 24.3 Å². The summed E-state index contributed by atoms with van der Waals surface area (Å²) >= 11 is 0. The molecular weight excluding hydrogens is 328 g/mol. The van der Waals surface area contributed by atoms with Gasteiger partial charge in [-0.25, -0.2) is 9.97 Å².